The number of anilines is 2. The summed E-state index contributed by atoms with van der Waals surface area (Å²) in [5, 5.41) is 39.7. The Morgan fingerprint density at radius 2 is 0.927 bits per heavy atom. The largest absolute Gasteiger partial charge is 0.496 e. The zero-order chi connectivity index (χ0) is 99.2. The van der Waals surface area contributed by atoms with Crippen molar-refractivity contribution in [2.45, 2.75) is 117 Å². The summed E-state index contributed by atoms with van der Waals surface area (Å²) in [5.41, 5.74) is 13.2. The average Bonchev–Trinajstić information content (AvgIpc) is 1.61. The van der Waals surface area contributed by atoms with Gasteiger partial charge in [0.15, 0.2) is 11.2 Å². The molecule has 1 aliphatic rings. The summed E-state index contributed by atoms with van der Waals surface area (Å²) in [5.74, 6) is -0.127. The smallest absolute Gasteiger partial charge is 0.407 e. The van der Waals surface area contributed by atoms with E-state index in [0.717, 1.165) is 22.6 Å². The van der Waals surface area contributed by atoms with E-state index in [1.807, 2.05) is 88.6 Å². The van der Waals surface area contributed by atoms with Crippen LogP contribution in [-0.4, -0.2) is 306 Å². The van der Waals surface area contributed by atoms with Crippen LogP contribution in [-0.2, 0) is 95.9 Å². The number of aromatic nitrogens is 4. The molecule has 10 amide bonds. The average molecular weight is 1910 g/mol. The Balaban J connectivity index is 0.000000320. The number of fused-ring (bicyclic) bond motifs is 4. The number of nitrogens with zero attached hydrogens (tertiary/aromatic N) is 5. The van der Waals surface area contributed by atoms with Gasteiger partial charge in [0.1, 0.15) is 35.6 Å². The summed E-state index contributed by atoms with van der Waals surface area (Å²) in [6, 6.07) is 32.8. The summed E-state index contributed by atoms with van der Waals surface area (Å²) in [6.07, 6.45) is 3.48. The predicted octanol–water partition coefficient (Wildman–Crippen LogP) is 4.26. The molecule has 750 valence electrons. The Bertz CT molecular complexity index is 4890. The highest BCUT2D eigenvalue weighted by molar-refractivity contribution is 5.97. The van der Waals surface area contributed by atoms with Crippen LogP contribution in [0.15, 0.2) is 120 Å². The Hall–Kier alpha value is -13.2. The molecule has 1 aliphatic carbocycles. The van der Waals surface area contributed by atoms with Gasteiger partial charge in [0.05, 0.1) is 125 Å². The normalized spacial score (nSPS) is 11.4. The lowest BCUT2D eigenvalue weighted by molar-refractivity contribution is -0.139. The van der Waals surface area contributed by atoms with E-state index in [0.29, 0.717) is 206 Å². The molecule has 8 rings (SSSR count). The number of likely N-dealkylation sites (N-methyl/N-ethyl adjacent to an activating group) is 2. The molecular weight excluding hydrogens is 1780 g/mol. The number of carbonyl (C=O) groups is 11. The Morgan fingerprint density at radius 3 is 1.38 bits per heavy atom. The van der Waals surface area contributed by atoms with Gasteiger partial charge in [-0.25, -0.2) is 19.6 Å². The fourth-order valence-corrected chi connectivity index (χ4v) is 13.3. The van der Waals surface area contributed by atoms with Gasteiger partial charge in [0.25, 0.3) is 11.5 Å². The molecule has 1 atom stereocenters. The van der Waals surface area contributed by atoms with Crippen molar-refractivity contribution in [1.82, 2.24) is 82.9 Å². The zero-order valence-corrected chi connectivity index (χ0v) is 79.6. The molecule has 0 aliphatic heterocycles. The number of rotatable bonds is 65. The maximum atomic E-state index is 12.7. The molecule has 15 N–H and O–H groups in total. The number of nitrogens with two attached hydrogens (primary N) is 1. The molecule has 0 bridgehead atoms. The molecule has 2 heterocycles. The van der Waals surface area contributed by atoms with Gasteiger partial charge in [-0.1, -0.05) is 60.7 Å². The van der Waals surface area contributed by atoms with Crippen LogP contribution < -0.4 is 88.7 Å². The van der Waals surface area contributed by atoms with E-state index in [2.05, 4.69) is 112 Å². The van der Waals surface area contributed by atoms with E-state index in [4.69, 9.17) is 57.8 Å². The van der Waals surface area contributed by atoms with Gasteiger partial charge in [-0.15, -0.1) is 0 Å². The number of aromatic amines is 1. The second kappa shape index (κ2) is 66.2. The molecule has 42 nitrogen and oxygen atoms in total. The fraction of sp³-hybridized carbons (Fsp3) is 0.505. The van der Waals surface area contributed by atoms with Crippen LogP contribution >= 0.6 is 0 Å². The number of nitrogens with one attached hydrogen (secondary N) is 12. The van der Waals surface area contributed by atoms with Crippen LogP contribution in [0.4, 0.5) is 16.4 Å². The van der Waals surface area contributed by atoms with Crippen molar-refractivity contribution in [3.05, 3.63) is 159 Å². The number of hydrogen-bond donors (Lipinski definition) is 14. The fourth-order valence-electron chi connectivity index (χ4n) is 13.3. The highest BCUT2D eigenvalue weighted by Crippen LogP contribution is 2.44. The molecule has 0 saturated carbocycles. The summed E-state index contributed by atoms with van der Waals surface area (Å²) in [7, 11) is 7.21. The van der Waals surface area contributed by atoms with Gasteiger partial charge < -0.3 is 131 Å². The lowest BCUT2D eigenvalue weighted by atomic mass is 9.98. The molecule has 0 spiro atoms. The topological polar surface area (TPSA) is 546 Å². The lowest BCUT2D eigenvalue weighted by Crippen LogP contribution is -2.42. The number of nitrogen functional groups attached to an aromatic ring is 1. The molecule has 0 saturated heterocycles. The molecule has 42 heteroatoms. The third kappa shape index (κ3) is 46.7. The monoisotopic (exact) mass is 1910 g/mol. The second-order valence-corrected chi connectivity index (χ2v) is 31.1. The van der Waals surface area contributed by atoms with Gasteiger partial charge in [0.2, 0.25) is 53.2 Å². The number of methoxy groups -OCH3 is 2. The third-order valence-electron chi connectivity index (χ3n) is 20.2. The van der Waals surface area contributed by atoms with E-state index in [1.54, 1.807) is 26.4 Å². The molecule has 5 aromatic carbocycles. The van der Waals surface area contributed by atoms with Crippen molar-refractivity contribution in [2.75, 3.05) is 210 Å². The summed E-state index contributed by atoms with van der Waals surface area (Å²) in [4.78, 5) is 161. The number of H-pyrrole nitrogens is 1. The molecule has 2 aromatic heterocycles. The maximum Gasteiger partial charge on any atom is 0.407 e. The van der Waals surface area contributed by atoms with Crippen LogP contribution in [0.2, 0.25) is 0 Å². The van der Waals surface area contributed by atoms with E-state index in [-0.39, 0.29) is 135 Å². The first-order valence-electron chi connectivity index (χ1n) is 45.8. The van der Waals surface area contributed by atoms with Crippen molar-refractivity contribution >= 4 is 88.0 Å². The van der Waals surface area contributed by atoms with Crippen LogP contribution in [0.1, 0.15) is 130 Å². The number of amides is 10. The van der Waals surface area contributed by atoms with E-state index < -0.39 is 35.5 Å². The van der Waals surface area contributed by atoms with Gasteiger partial charge in [-0.3, -0.25) is 52.9 Å². The third-order valence-corrected chi connectivity index (χ3v) is 20.2. The Kier molecular flexibility index (Phi) is 54.4. The first kappa shape index (κ1) is 113. The minimum atomic E-state index is -1.31. The van der Waals surface area contributed by atoms with Gasteiger partial charge in [-0.2, -0.15) is 4.98 Å². The Morgan fingerprint density at radius 1 is 0.489 bits per heavy atom. The number of alkyl carbamates (subject to hydrolysis) is 1. The molecule has 137 heavy (non-hydrogen) atoms. The highest BCUT2D eigenvalue weighted by atomic mass is 16.6. The number of benzene rings is 5. The number of carboxylic acid groups (broad SMARTS) is 1. The number of hydrogen-bond acceptors (Lipinski definition) is 30. The van der Waals surface area contributed by atoms with Gasteiger partial charge in [0, 0.05) is 178 Å². The van der Waals surface area contributed by atoms with Crippen molar-refractivity contribution in [3.8, 4) is 34.1 Å². The zero-order valence-electron chi connectivity index (χ0n) is 79.6. The van der Waals surface area contributed by atoms with Crippen molar-refractivity contribution < 1.29 is 110 Å². The summed E-state index contributed by atoms with van der Waals surface area (Å²) >= 11 is 0. The first-order chi connectivity index (χ1) is 66.2. The van der Waals surface area contributed by atoms with Crippen LogP contribution in [0.25, 0.3) is 22.3 Å². The second-order valence-electron chi connectivity index (χ2n) is 31.1. The van der Waals surface area contributed by atoms with Crippen LogP contribution in [0.3, 0.4) is 0 Å². The van der Waals surface area contributed by atoms with E-state index in [9.17, 15) is 62.6 Å². The van der Waals surface area contributed by atoms with Crippen LogP contribution in [0, 0.1) is 0 Å². The van der Waals surface area contributed by atoms with Gasteiger partial charge in [-0.05, 0) is 106 Å². The van der Waals surface area contributed by atoms with E-state index in [1.165, 1.54) is 54.4 Å². The SMILES string of the molecule is CC(=O)NCCOCCOCCC(=O)NCCNC(=O)CCC(NC(=O)c1ccc(NCc2cnc3nc(N)[nH]c(=O)c3n2)cc1)C(=O)O.CCNC(=O)CCCOc1ccc(CN(C)CCNC(=O)CCOCCOCCNC(=O)OCC2c3ccccc3-c3ccccc32)c(OC)c1.CCNC(=O)CCCOc1ccc(CN(C)CCNC(=O)CCOCCOCCNC(C)=O)c(OC)c1. The predicted molar refractivity (Wildman–Crippen MR) is 511 cm³/mol. The molecule has 1 unspecified atom stereocenters. The number of carboxylic acids is 1. The quantitative estimate of drug-likeness (QED) is 0.0237. The van der Waals surface area contributed by atoms with Crippen molar-refractivity contribution in [2.24, 2.45) is 0 Å². The van der Waals surface area contributed by atoms with Gasteiger partial charge >= 0.3 is 12.1 Å². The molecule has 0 radical (unpaired) electrons. The molecule has 7 aromatic rings. The number of aliphatic carboxylic acids is 1. The molecule has 0 fully saturated rings. The lowest BCUT2D eigenvalue weighted by Gasteiger charge is -2.19. The maximum absolute atomic E-state index is 12.7. The van der Waals surface area contributed by atoms with E-state index >= 15 is 0 Å². The Labute approximate surface area is 798 Å². The van der Waals surface area contributed by atoms with Crippen LogP contribution in [0.5, 0.6) is 23.0 Å². The van der Waals surface area contributed by atoms with Crippen molar-refractivity contribution in [1.29, 1.82) is 0 Å². The summed E-state index contributed by atoms with van der Waals surface area (Å²) in [6.45, 7) is 18.6. The number of ether oxygens (including phenoxy) is 11. The number of carbonyl (C=O) groups excluding carboxylic acids is 10. The standard InChI is InChI=1S/C39H52N4O8.C30H40N10O9.C26H44N4O7/c1-4-40-37(44)14-9-21-50-30-16-15-29(36(26-30)47-3)27-43(2)20-18-41-38(45)17-22-48-24-25-49-23-19-42-39(46)51-28-35-33-12-7-5-10-31(33)32-11-6-8-13-34(32)35;1-18(41)32-11-13-49-15-14-48-12-8-24(43)34-10-9-33-23(42)7-6-22(29(46)47)38-27(44)19-2-4-20(5-3-19)35-16-21-17-36-26-25(37-21)28(45)40-30(31)39-26;1-5-27-25(32)7-6-14-37-23-9-8-22(24(19-23)34-4)20-30(3)13-11-29-26(33)10-15-35-17-18-36-16-12-28-21(2)31/h5-8,10-13,15-16,26,35H,4,9,14,17-25,27-28H2,1-3H3,(H,40,44)(H,41,45)(H,42,46);2-5,17,22,35H,6-16H2,1H3,(H,32,41)(H,33,42)(H,34,43)(H,38,44)(H,46,47)(H3,31,36,39,40,45);8-9,19H,5-7,10-18,20H2,1-4H3,(H,27,32)(H,28,31)(H,29,33). The molecular formula is C95H136N18O24. The first-order valence-corrected chi connectivity index (χ1v) is 45.8. The van der Waals surface area contributed by atoms with Crippen molar-refractivity contribution in [3.63, 3.8) is 0 Å². The minimum absolute atomic E-state index is 0.0184. The minimum Gasteiger partial charge on any atom is -0.496 e. The highest BCUT2D eigenvalue weighted by Gasteiger charge is 2.30. The summed E-state index contributed by atoms with van der Waals surface area (Å²) < 4.78 is 60.5.